The summed E-state index contributed by atoms with van der Waals surface area (Å²) in [7, 11) is 3.85. The van der Waals surface area contributed by atoms with Crippen LogP contribution in [0.2, 0.25) is 0 Å². The average molecular weight is 204 g/mol. The van der Waals surface area contributed by atoms with Crippen molar-refractivity contribution < 1.29 is 4.79 Å². The van der Waals surface area contributed by atoms with Gasteiger partial charge in [-0.2, -0.15) is 0 Å². The molecule has 0 saturated heterocycles. The van der Waals surface area contributed by atoms with Gasteiger partial charge >= 0.3 is 0 Å². The van der Waals surface area contributed by atoms with Gasteiger partial charge in [-0.15, -0.1) is 0 Å². The number of aldehydes is 1. The van der Waals surface area contributed by atoms with E-state index in [2.05, 4.69) is 4.99 Å². The van der Waals surface area contributed by atoms with Gasteiger partial charge in [-0.05, 0) is 31.5 Å². The third kappa shape index (κ3) is 2.91. The third-order valence-corrected chi connectivity index (χ3v) is 2.24. The lowest BCUT2D eigenvalue weighted by atomic mass is 10.1. The first-order valence-corrected chi connectivity index (χ1v) is 4.83. The van der Waals surface area contributed by atoms with Crippen molar-refractivity contribution in [3.05, 3.63) is 29.3 Å². The van der Waals surface area contributed by atoms with E-state index >= 15 is 0 Å². The fraction of sp³-hybridized carbons (Fsp3) is 0.333. The highest BCUT2D eigenvalue weighted by Gasteiger charge is 2.01. The number of aryl methyl sites for hydroxylation is 1. The smallest absolute Gasteiger partial charge is 0.152 e. The molecule has 3 heteroatoms. The van der Waals surface area contributed by atoms with E-state index in [0.717, 1.165) is 23.4 Å². The van der Waals surface area contributed by atoms with Crippen LogP contribution < -0.4 is 0 Å². The lowest BCUT2D eigenvalue weighted by Crippen LogP contribution is -2.17. The predicted molar refractivity (Wildman–Crippen MR) is 63.0 cm³/mol. The van der Waals surface area contributed by atoms with E-state index in [1.54, 1.807) is 6.07 Å². The Morgan fingerprint density at radius 2 is 2.07 bits per heavy atom. The summed E-state index contributed by atoms with van der Waals surface area (Å²) in [6, 6.07) is 5.62. The summed E-state index contributed by atoms with van der Waals surface area (Å²) in [4.78, 5) is 17.1. The van der Waals surface area contributed by atoms with Crippen molar-refractivity contribution in [1.82, 2.24) is 4.90 Å². The highest BCUT2D eigenvalue weighted by Crippen LogP contribution is 2.19. The first-order chi connectivity index (χ1) is 7.04. The Hall–Kier alpha value is -1.64. The Balaban J connectivity index is 3.18. The quantitative estimate of drug-likeness (QED) is 0.421. The Kier molecular flexibility index (Phi) is 3.61. The van der Waals surface area contributed by atoms with E-state index in [-0.39, 0.29) is 0 Å². The summed E-state index contributed by atoms with van der Waals surface area (Å²) in [5.41, 5.74) is 2.46. The molecule has 0 N–H and O–H groups in total. The van der Waals surface area contributed by atoms with Crippen LogP contribution in [-0.2, 0) is 0 Å². The van der Waals surface area contributed by atoms with Crippen molar-refractivity contribution in [2.24, 2.45) is 4.99 Å². The van der Waals surface area contributed by atoms with Crippen molar-refractivity contribution in [2.75, 3.05) is 14.1 Å². The van der Waals surface area contributed by atoms with Gasteiger partial charge in [-0.1, -0.05) is 6.07 Å². The molecular weight excluding hydrogens is 188 g/mol. The summed E-state index contributed by atoms with van der Waals surface area (Å²) in [6.45, 7) is 3.90. The zero-order valence-corrected chi connectivity index (χ0v) is 9.61. The highest BCUT2D eigenvalue weighted by atomic mass is 16.1. The Labute approximate surface area is 90.4 Å². The van der Waals surface area contributed by atoms with E-state index in [1.807, 2.05) is 45.0 Å². The minimum absolute atomic E-state index is 0.627. The van der Waals surface area contributed by atoms with Gasteiger partial charge in [0.05, 0.1) is 5.69 Å². The molecule has 0 saturated carbocycles. The number of hydrogen-bond acceptors (Lipinski definition) is 2. The molecule has 0 unspecified atom stereocenters. The van der Waals surface area contributed by atoms with Gasteiger partial charge < -0.3 is 4.90 Å². The van der Waals surface area contributed by atoms with Crippen molar-refractivity contribution in [1.29, 1.82) is 0 Å². The van der Waals surface area contributed by atoms with Gasteiger partial charge in [0.1, 0.15) is 5.84 Å². The number of carbonyl (C=O) groups excluding carboxylic acids is 1. The molecule has 0 bridgehead atoms. The number of hydrogen-bond donors (Lipinski definition) is 0. The van der Waals surface area contributed by atoms with E-state index in [1.165, 1.54) is 0 Å². The number of amidine groups is 1. The zero-order valence-electron chi connectivity index (χ0n) is 9.61. The first-order valence-electron chi connectivity index (χ1n) is 4.83. The standard InChI is InChI=1S/C12H16N2O/c1-9-5-6-11(8-15)12(7-9)13-10(2)14(3)4/h5-8H,1-4H3. The Bertz CT molecular complexity index is 395. The van der Waals surface area contributed by atoms with Crippen molar-refractivity contribution in [3.8, 4) is 0 Å². The summed E-state index contributed by atoms with van der Waals surface area (Å²) in [5.74, 6) is 0.878. The lowest BCUT2D eigenvalue weighted by Gasteiger charge is -2.11. The van der Waals surface area contributed by atoms with Gasteiger partial charge in [-0.3, -0.25) is 4.79 Å². The van der Waals surface area contributed by atoms with Crippen molar-refractivity contribution in [3.63, 3.8) is 0 Å². The monoisotopic (exact) mass is 204 g/mol. The summed E-state index contributed by atoms with van der Waals surface area (Å²) < 4.78 is 0. The van der Waals surface area contributed by atoms with Crippen LogP contribution in [0.25, 0.3) is 0 Å². The fourth-order valence-corrected chi connectivity index (χ4v) is 1.12. The largest absolute Gasteiger partial charge is 0.366 e. The molecule has 0 aromatic heterocycles. The third-order valence-electron chi connectivity index (χ3n) is 2.24. The number of carbonyl (C=O) groups is 1. The second-order valence-corrected chi connectivity index (χ2v) is 3.73. The van der Waals surface area contributed by atoms with E-state index < -0.39 is 0 Å². The molecule has 1 aromatic rings. The van der Waals surface area contributed by atoms with Crippen LogP contribution in [0.5, 0.6) is 0 Å². The first kappa shape index (κ1) is 11.4. The van der Waals surface area contributed by atoms with Crippen LogP contribution in [0, 0.1) is 6.92 Å². The molecule has 0 atom stereocenters. The molecule has 80 valence electrons. The van der Waals surface area contributed by atoms with Gasteiger partial charge in [0.2, 0.25) is 0 Å². The SMILES string of the molecule is CC(=Nc1cc(C)ccc1C=O)N(C)C. The molecule has 0 aliphatic heterocycles. The number of nitrogens with zero attached hydrogens (tertiary/aromatic N) is 2. The molecule has 0 radical (unpaired) electrons. The fourth-order valence-electron chi connectivity index (χ4n) is 1.12. The molecule has 0 fully saturated rings. The molecule has 15 heavy (non-hydrogen) atoms. The molecule has 0 spiro atoms. The maximum absolute atomic E-state index is 10.8. The molecule has 1 aromatic carbocycles. The van der Waals surface area contributed by atoms with Gasteiger partial charge in [-0.25, -0.2) is 4.99 Å². The van der Waals surface area contributed by atoms with Crippen LogP contribution in [0.1, 0.15) is 22.8 Å². The molecule has 0 aliphatic rings. The van der Waals surface area contributed by atoms with Crippen LogP contribution in [0.3, 0.4) is 0 Å². The van der Waals surface area contributed by atoms with Crippen molar-refractivity contribution in [2.45, 2.75) is 13.8 Å². The molecule has 0 amide bonds. The van der Waals surface area contributed by atoms with Crippen LogP contribution >= 0.6 is 0 Å². The lowest BCUT2D eigenvalue weighted by molar-refractivity contribution is 0.112. The minimum Gasteiger partial charge on any atom is -0.366 e. The second kappa shape index (κ2) is 4.73. The second-order valence-electron chi connectivity index (χ2n) is 3.73. The van der Waals surface area contributed by atoms with E-state index in [4.69, 9.17) is 0 Å². The van der Waals surface area contributed by atoms with E-state index in [0.29, 0.717) is 5.56 Å². The van der Waals surface area contributed by atoms with Gasteiger partial charge in [0, 0.05) is 19.7 Å². The summed E-state index contributed by atoms with van der Waals surface area (Å²) in [5, 5.41) is 0. The number of aliphatic imine (C=N–C) groups is 1. The summed E-state index contributed by atoms with van der Waals surface area (Å²) >= 11 is 0. The topological polar surface area (TPSA) is 32.7 Å². The number of benzene rings is 1. The maximum Gasteiger partial charge on any atom is 0.152 e. The van der Waals surface area contributed by atoms with E-state index in [9.17, 15) is 4.79 Å². The Morgan fingerprint density at radius 3 is 2.60 bits per heavy atom. The van der Waals surface area contributed by atoms with Crippen molar-refractivity contribution >= 4 is 17.8 Å². The number of rotatable bonds is 2. The molecule has 3 nitrogen and oxygen atoms in total. The normalized spacial score (nSPS) is 11.3. The molecule has 1 rings (SSSR count). The van der Waals surface area contributed by atoms with Crippen LogP contribution in [-0.4, -0.2) is 31.1 Å². The minimum atomic E-state index is 0.627. The molecule has 0 heterocycles. The zero-order chi connectivity index (χ0) is 11.4. The van der Waals surface area contributed by atoms with Crippen LogP contribution in [0.4, 0.5) is 5.69 Å². The highest BCUT2D eigenvalue weighted by molar-refractivity contribution is 5.88. The summed E-state index contributed by atoms with van der Waals surface area (Å²) in [6.07, 6.45) is 0.835. The molecular formula is C12H16N2O. The van der Waals surface area contributed by atoms with Gasteiger partial charge in [0.25, 0.3) is 0 Å². The van der Waals surface area contributed by atoms with Crippen LogP contribution in [0.15, 0.2) is 23.2 Å². The predicted octanol–water partition coefficient (Wildman–Crippen LogP) is 2.42. The molecule has 0 aliphatic carbocycles. The maximum atomic E-state index is 10.8. The Morgan fingerprint density at radius 1 is 1.40 bits per heavy atom. The van der Waals surface area contributed by atoms with Gasteiger partial charge in [0.15, 0.2) is 6.29 Å². The average Bonchev–Trinajstić information content (AvgIpc) is 2.18.